The van der Waals surface area contributed by atoms with Crippen LogP contribution in [0.5, 0.6) is 11.5 Å². The molecular formula is C26H27F2NO5. The fourth-order valence-corrected chi connectivity index (χ4v) is 5.77. The number of methoxy groups -OCH3 is 1. The molecule has 1 heterocycles. The number of nitrogens with one attached hydrogen (secondary N) is 1. The molecule has 0 spiro atoms. The molecule has 2 aromatic carbocycles. The summed E-state index contributed by atoms with van der Waals surface area (Å²) in [5, 5.41) is 3.01. The van der Waals surface area contributed by atoms with Crippen LogP contribution in [0.4, 0.5) is 8.78 Å². The second-order valence-corrected chi connectivity index (χ2v) is 9.95. The number of fused-ring (bicyclic) bond motifs is 1. The van der Waals surface area contributed by atoms with Crippen LogP contribution in [0, 0.1) is 24.0 Å². The first-order chi connectivity index (χ1) is 16.2. The molecule has 2 atom stereocenters. The summed E-state index contributed by atoms with van der Waals surface area (Å²) < 4.78 is 44.0. The van der Waals surface area contributed by atoms with Crippen LogP contribution < -0.4 is 14.8 Å². The summed E-state index contributed by atoms with van der Waals surface area (Å²) in [5.74, 6) is -0.216. The van der Waals surface area contributed by atoms with Crippen molar-refractivity contribution in [1.82, 2.24) is 5.32 Å². The van der Waals surface area contributed by atoms with Crippen LogP contribution in [0.3, 0.4) is 0 Å². The van der Waals surface area contributed by atoms with Gasteiger partial charge < -0.3 is 19.5 Å². The van der Waals surface area contributed by atoms with Crippen molar-refractivity contribution in [3.8, 4) is 11.5 Å². The number of hydrogen-bond acceptors (Lipinski definition) is 5. The highest BCUT2D eigenvalue weighted by atomic mass is 19.1. The number of ether oxygens (including phenoxy) is 3. The van der Waals surface area contributed by atoms with Crippen molar-refractivity contribution in [3.05, 3.63) is 59.2 Å². The van der Waals surface area contributed by atoms with E-state index in [0.29, 0.717) is 35.5 Å². The number of benzene rings is 2. The Morgan fingerprint density at radius 2 is 1.91 bits per heavy atom. The molecule has 34 heavy (non-hydrogen) atoms. The molecule has 2 aromatic rings. The topological polar surface area (TPSA) is 73.9 Å². The van der Waals surface area contributed by atoms with Crippen molar-refractivity contribution >= 4 is 11.7 Å². The van der Waals surface area contributed by atoms with Crippen LogP contribution in [-0.2, 0) is 14.3 Å². The van der Waals surface area contributed by atoms with E-state index in [1.165, 1.54) is 24.3 Å². The Hall–Kier alpha value is -3.00. The van der Waals surface area contributed by atoms with Crippen molar-refractivity contribution in [2.45, 2.75) is 56.8 Å². The summed E-state index contributed by atoms with van der Waals surface area (Å²) in [6.45, 7) is 1.47. The maximum Gasteiger partial charge on any atom is 0.258 e. The molecule has 3 saturated carbocycles. The van der Waals surface area contributed by atoms with Gasteiger partial charge in [-0.1, -0.05) is 6.07 Å². The van der Waals surface area contributed by atoms with Crippen LogP contribution in [-0.4, -0.2) is 37.0 Å². The highest BCUT2D eigenvalue weighted by Crippen LogP contribution is 2.69. The van der Waals surface area contributed by atoms with Crippen molar-refractivity contribution in [2.75, 3.05) is 13.7 Å². The molecule has 0 saturated heterocycles. The molecule has 180 valence electrons. The van der Waals surface area contributed by atoms with Gasteiger partial charge in [0.2, 0.25) is 0 Å². The molecule has 0 aromatic heterocycles. The number of halogens is 2. The second kappa shape index (κ2) is 8.34. The van der Waals surface area contributed by atoms with E-state index < -0.39 is 12.2 Å². The minimum Gasteiger partial charge on any atom is -0.484 e. The van der Waals surface area contributed by atoms with Crippen molar-refractivity contribution in [1.29, 1.82) is 0 Å². The Morgan fingerprint density at radius 3 is 2.62 bits per heavy atom. The van der Waals surface area contributed by atoms with Gasteiger partial charge in [-0.2, -0.15) is 0 Å². The first-order valence-electron chi connectivity index (χ1n) is 11.4. The lowest BCUT2D eigenvalue weighted by atomic mass is 9.38. The number of carbonyl (C=O) groups excluding carboxylic acids is 2. The van der Waals surface area contributed by atoms with E-state index in [4.69, 9.17) is 14.2 Å². The zero-order chi connectivity index (χ0) is 24.1. The predicted octanol–water partition coefficient (Wildman–Crippen LogP) is 4.19. The van der Waals surface area contributed by atoms with Crippen molar-refractivity contribution < 1.29 is 32.6 Å². The highest BCUT2D eigenvalue weighted by molar-refractivity contribution is 5.85. The number of amides is 1. The number of ketones is 1. The first-order valence-corrected chi connectivity index (χ1v) is 11.4. The molecule has 8 heteroatoms. The van der Waals surface area contributed by atoms with Gasteiger partial charge in [-0.15, -0.1) is 0 Å². The maximum atomic E-state index is 13.6. The van der Waals surface area contributed by atoms with Gasteiger partial charge in [0.05, 0.1) is 6.10 Å². The lowest BCUT2D eigenvalue weighted by Crippen LogP contribution is -2.75. The standard InChI is InChI=1S/C26H27F2NO5/c1-15-3-5-17(8-19(15)28)33-11-24(31)29-26-12-25(13-26,14-26)10-20(30)23-9-22(32-2)18-7-16(27)4-6-21(18)34-23/h3-8,22-23H,9-14H2,1-2H3,(H,29,31). The zero-order valence-electron chi connectivity index (χ0n) is 19.2. The molecule has 1 aliphatic heterocycles. The minimum absolute atomic E-state index is 0.00128. The molecular weight excluding hydrogens is 444 g/mol. The molecule has 6 rings (SSSR count). The summed E-state index contributed by atoms with van der Waals surface area (Å²) in [6, 6.07) is 8.73. The predicted molar refractivity (Wildman–Crippen MR) is 119 cm³/mol. The van der Waals surface area contributed by atoms with E-state index in [1.807, 2.05) is 0 Å². The number of Topliss-reactive ketones (excluding diaryl/α,β-unsaturated/α-hetero) is 1. The number of carbonyl (C=O) groups is 2. The summed E-state index contributed by atoms with van der Waals surface area (Å²) in [6.07, 6.45) is 1.90. The van der Waals surface area contributed by atoms with E-state index >= 15 is 0 Å². The van der Waals surface area contributed by atoms with Crippen molar-refractivity contribution in [2.24, 2.45) is 5.41 Å². The summed E-state index contributed by atoms with van der Waals surface area (Å²) in [7, 11) is 1.54. The monoisotopic (exact) mass is 471 g/mol. The zero-order valence-corrected chi connectivity index (χ0v) is 19.2. The van der Waals surface area contributed by atoms with E-state index in [-0.39, 0.29) is 40.9 Å². The summed E-state index contributed by atoms with van der Waals surface area (Å²) in [4.78, 5) is 25.3. The number of hydrogen-bond donors (Lipinski definition) is 1. The van der Waals surface area contributed by atoms with Gasteiger partial charge in [0.25, 0.3) is 5.91 Å². The van der Waals surface area contributed by atoms with E-state index in [0.717, 1.165) is 19.3 Å². The fourth-order valence-electron chi connectivity index (χ4n) is 5.77. The van der Waals surface area contributed by atoms with Gasteiger partial charge in [-0.05, 0) is 61.4 Å². The van der Waals surface area contributed by atoms with Crippen LogP contribution in [0.25, 0.3) is 0 Å². The SMILES string of the molecule is COC1CC(C(=O)CC23CC(NC(=O)COc4ccc(C)c(F)c4)(C2)C3)Oc2ccc(F)cc21. The Kier molecular flexibility index (Phi) is 5.59. The maximum absolute atomic E-state index is 13.6. The van der Waals surface area contributed by atoms with Crippen LogP contribution in [0.1, 0.15) is 49.3 Å². The molecule has 6 nitrogen and oxygen atoms in total. The highest BCUT2D eigenvalue weighted by Gasteiger charge is 2.68. The van der Waals surface area contributed by atoms with Gasteiger partial charge in [0, 0.05) is 37.1 Å². The van der Waals surface area contributed by atoms with Crippen LogP contribution >= 0.6 is 0 Å². The Balaban J connectivity index is 1.11. The molecule has 2 bridgehead atoms. The normalized spacial score (nSPS) is 28.6. The van der Waals surface area contributed by atoms with E-state index in [1.54, 1.807) is 26.2 Å². The van der Waals surface area contributed by atoms with Gasteiger partial charge in [-0.25, -0.2) is 8.78 Å². The third-order valence-corrected chi connectivity index (χ3v) is 7.27. The largest absolute Gasteiger partial charge is 0.484 e. The van der Waals surface area contributed by atoms with Gasteiger partial charge in [0.15, 0.2) is 18.5 Å². The Bertz CT molecular complexity index is 1130. The lowest BCUT2D eigenvalue weighted by Gasteiger charge is -2.70. The third kappa shape index (κ3) is 4.15. The quantitative estimate of drug-likeness (QED) is 0.625. The smallest absolute Gasteiger partial charge is 0.258 e. The van der Waals surface area contributed by atoms with E-state index in [9.17, 15) is 18.4 Å². The fraction of sp³-hybridized carbons (Fsp3) is 0.462. The molecule has 2 unspecified atom stereocenters. The molecule has 4 aliphatic rings. The lowest BCUT2D eigenvalue weighted by molar-refractivity contribution is -0.176. The number of aryl methyl sites for hydroxylation is 1. The minimum atomic E-state index is -0.634. The summed E-state index contributed by atoms with van der Waals surface area (Å²) in [5.41, 5.74) is 0.737. The Labute approximate surface area is 196 Å². The average molecular weight is 472 g/mol. The Morgan fingerprint density at radius 1 is 1.15 bits per heavy atom. The van der Waals surface area contributed by atoms with Crippen LogP contribution in [0.15, 0.2) is 36.4 Å². The second-order valence-electron chi connectivity index (χ2n) is 9.95. The first kappa shape index (κ1) is 22.8. The van der Waals surface area contributed by atoms with E-state index in [2.05, 4.69) is 5.32 Å². The molecule has 3 fully saturated rings. The van der Waals surface area contributed by atoms with Gasteiger partial charge >= 0.3 is 0 Å². The van der Waals surface area contributed by atoms with Gasteiger partial charge in [0.1, 0.15) is 23.1 Å². The number of rotatable bonds is 8. The molecule has 1 N–H and O–H groups in total. The average Bonchev–Trinajstić information content (AvgIpc) is 2.76. The molecule has 0 radical (unpaired) electrons. The summed E-state index contributed by atoms with van der Waals surface area (Å²) >= 11 is 0. The molecule has 1 amide bonds. The van der Waals surface area contributed by atoms with Gasteiger partial charge in [-0.3, -0.25) is 9.59 Å². The van der Waals surface area contributed by atoms with Crippen molar-refractivity contribution in [3.63, 3.8) is 0 Å². The third-order valence-electron chi connectivity index (χ3n) is 7.27. The molecule has 3 aliphatic carbocycles. The van der Waals surface area contributed by atoms with Crippen LogP contribution in [0.2, 0.25) is 0 Å².